The number of nitrogens with zero attached hydrogens (tertiary/aromatic N) is 2. The fourth-order valence-corrected chi connectivity index (χ4v) is 3.89. The van der Waals surface area contributed by atoms with Crippen LogP contribution in [0.25, 0.3) is 0 Å². The summed E-state index contributed by atoms with van der Waals surface area (Å²) in [5, 5.41) is 13.2. The molecular formula is C22H25N3O3. The standard InChI is InChI=1S/C22H25N3O3/c26-20-15-25(14-18-5-1-2-6-19(18)20)22(28)23-13-16-7-9-17(10-8-16)21(27)24-11-3-4-12-24/h1-2,5-10,20,26H,3-4,11-15H2,(H,23,28). The van der Waals surface area contributed by atoms with Gasteiger partial charge in [0.1, 0.15) is 0 Å². The fraction of sp³-hybridized carbons (Fsp3) is 0.364. The molecule has 28 heavy (non-hydrogen) atoms. The second kappa shape index (κ2) is 8.02. The lowest BCUT2D eigenvalue weighted by atomic mass is 9.98. The Balaban J connectivity index is 1.33. The van der Waals surface area contributed by atoms with Gasteiger partial charge in [-0.1, -0.05) is 36.4 Å². The molecule has 1 saturated heterocycles. The number of rotatable bonds is 3. The van der Waals surface area contributed by atoms with Gasteiger partial charge in [-0.25, -0.2) is 4.79 Å². The summed E-state index contributed by atoms with van der Waals surface area (Å²) in [7, 11) is 0. The minimum atomic E-state index is -0.661. The Morgan fingerprint density at radius 2 is 1.71 bits per heavy atom. The SMILES string of the molecule is O=C(NCc1ccc(C(=O)N2CCCC2)cc1)N1Cc2ccccc2C(O)C1. The van der Waals surface area contributed by atoms with E-state index in [1.54, 1.807) is 4.90 Å². The van der Waals surface area contributed by atoms with Gasteiger partial charge >= 0.3 is 6.03 Å². The molecule has 6 nitrogen and oxygen atoms in total. The number of hydrogen-bond acceptors (Lipinski definition) is 3. The van der Waals surface area contributed by atoms with Gasteiger partial charge in [0.2, 0.25) is 0 Å². The first-order valence-electron chi connectivity index (χ1n) is 9.78. The van der Waals surface area contributed by atoms with Crippen molar-refractivity contribution in [2.45, 2.75) is 32.0 Å². The molecule has 2 aromatic carbocycles. The summed E-state index contributed by atoms with van der Waals surface area (Å²) in [6, 6.07) is 14.9. The van der Waals surface area contributed by atoms with E-state index in [9.17, 15) is 14.7 Å². The van der Waals surface area contributed by atoms with Crippen LogP contribution >= 0.6 is 0 Å². The van der Waals surface area contributed by atoms with E-state index in [4.69, 9.17) is 0 Å². The number of aliphatic hydroxyl groups excluding tert-OH is 1. The third-order valence-electron chi connectivity index (χ3n) is 5.49. The van der Waals surface area contributed by atoms with Crippen LogP contribution in [0.5, 0.6) is 0 Å². The molecule has 2 N–H and O–H groups in total. The molecule has 0 aliphatic carbocycles. The van der Waals surface area contributed by atoms with Crippen molar-refractivity contribution in [2.75, 3.05) is 19.6 Å². The van der Waals surface area contributed by atoms with Crippen LogP contribution < -0.4 is 5.32 Å². The molecule has 1 atom stereocenters. The number of urea groups is 1. The number of benzene rings is 2. The number of carbonyl (C=O) groups is 2. The summed E-state index contributed by atoms with van der Waals surface area (Å²) < 4.78 is 0. The Morgan fingerprint density at radius 1 is 1.00 bits per heavy atom. The maximum Gasteiger partial charge on any atom is 0.318 e. The maximum absolute atomic E-state index is 12.5. The van der Waals surface area contributed by atoms with Gasteiger partial charge in [-0.3, -0.25) is 4.79 Å². The number of amides is 3. The summed E-state index contributed by atoms with van der Waals surface area (Å²) >= 11 is 0. The van der Waals surface area contributed by atoms with E-state index in [0.29, 0.717) is 18.7 Å². The van der Waals surface area contributed by atoms with Crippen LogP contribution in [-0.4, -0.2) is 46.5 Å². The van der Waals surface area contributed by atoms with Crippen molar-refractivity contribution in [2.24, 2.45) is 0 Å². The number of carbonyl (C=O) groups excluding carboxylic acids is 2. The van der Waals surface area contributed by atoms with Crippen LogP contribution in [0.2, 0.25) is 0 Å². The summed E-state index contributed by atoms with van der Waals surface area (Å²) in [5.74, 6) is 0.0778. The highest BCUT2D eigenvalue weighted by Gasteiger charge is 2.26. The van der Waals surface area contributed by atoms with Crippen LogP contribution in [-0.2, 0) is 13.1 Å². The minimum absolute atomic E-state index is 0.0778. The van der Waals surface area contributed by atoms with Gasteiger partial charge in [-0.2, -0.15) is 0 Å². The molecule has 2 aliphatic rings. The first-order valence-corrected chi connectivity index (χ1v) is 9.78. The molecule has 0 saturated carbocycles. The zero-order valence-electron chi connectivity index (χ0n) is 15.8. The average Bonchev–Trinajstić information content (AvgIpc) is 3.27. The predicted octanol–water partition coefficient (Wildman–Crippen LogP) is 2.68. The second-order valence-corrected chi connectivity index (χ2v) is 7.45. The molecule has 146 valence electrons. The normalized spacial score (nSPS) is 18.7. The number of nitrogens with one attached hydrogen (secondary N) is 1. The molecule has 3 amide bonds. The number of fused-ring (bicyclic) bond motifs is 1. The molecule has 1 unspecified atom stereocenters. The van der Waals surface area contributed by atoms with Gasteiger partial charge in [0, 0.05) is 31.7 Å². The Hall–Kier alpha value is -2.86. The first kappa shape index (κ1) is 18.5. The van der Waals surface area contributed by atoms with Gasteiger partial charge in [0.25, 0.3) is 5.91 Å². The van der Waals surface area contributed by atoms with Gasteiger partial charge in [0.05, 0.1) is 12.6 Å². The molecular weight excluding hydrogens is 354 g/mol. The second-order valence-electron chi connectivity index (χ2n) is 7.45. The summed E-state index contributed by atoms with van der Waals surface area (Å²) in [6.45, 7) is 2.82. The lowest BCUT2D eigenvalue weighted by Crippen LogP contribution is -2.43. The van der Waals surface area contributed by atoms with Crippen LogP contribution in [0.4, 0.5) is 4.79 Å². The molecule has 4 rings (SSSR count). The van der Waals surface area contributed by atoms with Crippen molar-refractivity contribution in [3.8, 4) is 0 Å². The van der Waals surface area contributed by atoms with Crippen LogP contribution in [0, 0.1) is 0 Å². The van der Waals surface area contributed by atoms with Crippen LogP contribution in [0.15, 0.2) is 48.5 Å². The van der Waals surface area contributed by atoms with E-state index in [1.165, 1.54) is 0 Å². The van der Waals surface area contributed by atoms with Crippen molar-refractivity contribution >= 4 is 11.9 Å². The molecule has 2 heterocycles. The molecule has 1 fully saturated rings. The Bertz CT molecular complexity index is 860. The van der Waals surface area contributed by atoms with Crippen molar-refractivity contribution in [3.63, 3.8) is 0 Å². The number of likely N-dealkylation sites (tertiary alicyclic amines) is 1. The van der Waals surface area contributed by atoms with Crippen molar-refractivity contribution in [1.82, 2.24) is 15.1 Å². The third-order valence-corrected chi connectivity index (χ3v) is 5.49. The van der Waals surface area contributed by atoms with E-state index >= 15 is 0 Å². The largest absolute Gasteiger partial charge is 0.387 e. The number of hydrogen-bond donors (Lipinski definition) is 2. The predicted molar refractivity (Wildman–Crippen MR) is 106 cm³/mol. The lowest BCUT2D eigenvalue weighted by Gasteiger charge is -2.32. The van der Waals surface area contributed by atoms with Crippen LogP contribution in [0.3, 0.4) is 0 Å². The first-order chi connectivity index (χ1) is 13.6. The van der Waals surface area contributed by atoms with Gasteiger partial charge in [-0.05, 0) is 41.7 Å². The third kappa shape index (κ3) is 3.87. The molecule has 0 bridgehead atoms. The molecule has 2 aliphatic heterocycles. The van der Waals surface area contributed by atoms with Crippen LogP contribution in [0.1, 0.15) is 46.0 Å². The molecule has 0 radical (unpaired) electrons. The van der Waals surface area contributed by atoms with Gasteiger partial charge in [-0.15, -0.1) is 0 Å². The smallest absolute Gasteiger partial charge is 0.318 e. The summed E-state index contributed by atoms with van der Waals surface area (Å²) in [5.41, 5.74) is 3.49. The topological polar surface area (TPSA) is 72.9 Å². The zero-order valence-corrected chi connectivity index (χ0v) is 15.8. The molecule has 0 spiro atoms. The number of β-amino-alcohol motifs (C(OH)–C–C–N with tert-alkyl or cyclic N) is 1. The van der Waals surface area contributed by atoms with Crippen molar-refractivity contribution in [3.05, 3.63) is 70.8 Å². The van der Waals surface area contributed by atoms with Crippen molar-refractivity contribution in [1.29, 1.82) is 0 Å². The highest BCUT2D eigenvalue weighted by atomic mass is 16.3. The zero-order chi connectivity index (χ0) is 19.5. The van der Waals surface area contributed by atoms with E-state index in [-0.39, 0.29) is 18.5 Å². The number of aliphatic hydroxyl groups is 1. The Labute approximate surface area is 164 Å². The lowest BCUT2D eigenvalue weighted by molar-refractivity contribution is 0.0792. The summed E-state index contributed by atoms with van der Waals surface area (Å²) in [6.07, 6.45) is 1.49. The fourth-order valence-electron chi connectivity index (χ4n) is 3.89. The summed E-state index contributed by atoms with van der Waals surface area (Å²) in [4.78, 5) is 28.4. The molecule has 2 aromatic rings. The Morgan fingerprint density at radius 3 is 2.46 bits per heavy atom. The van der Waals surface area contributed by atoms with Gasteiger partial charge in [0.15, 0.2) is 0 Å². The van der Waals surface area contributed by atoms with E-state index in [2.05, 4.69) is 5.32 Å². The molecule has 0 aromatic heterocycles. The highest BCUT2D eigenvalue weighted by Crippen LogP contribution is 2.26. The monoisotopic (exact) mass is 379 g/mol. The minimum Gasteiger partial charge on any atom is -0.387 e. The van der Waals surface area contributed by atoms with E-state index in [0.717, 1.165) is 42.6 Å². The highest BCUT2D eigenvalue weighted by molar-refractivity contribution is 5.94. The van der Waals surface area contributed by atoms with E-state index < -0.39 is 6.10 Å². The van der Waals surface area contributed by atoms with E-state index in [1.807, 2.05) is 53.4 Å². The molecule has 6 heteroatoms. The Kier molecular flexibility index (Phi) is 5.30. The maximum atomic E-state index is 12.5. The van der Waals surface area contributed by atoms with Gasteiger partial charge < -0.3 is 20.2 Å². The van der Waals surface area contributed by atoms with Crippen molar-refractivity contribution < 1.29 is 14.7 Å². The quantitative estimate of drug-likeness (QED) is 0.861. The average molecular weight is 379 g/mol.